The second-order valence-electron chi connectivity index (χ2n) is 20.3. The van der Waals surface area contributed by atoms with E-state index in [4.69, 9.17) is 37.3 Å². The number of aliphatic carboxylic acids is 1. The molecule has 2 spiro atoms. The van der Waals surface area contributed by atoms with E-state index in [9.17, 15) is 28.8 Å². The van der Waals surface area contributed by atoms with Gasteiger partial charge >= 0.3 is 23.9 Å². The third-order valence-corrected chi connectivity index (χ3v) is 15.2. The molecule has 2 atom stereocenters. The SMILES string of the molecule is C=C1CCOC1=O.COC(=O)CCN.COC(=O)CCN1CCC2(CC(CCC3CCCCC3)=NO2)C1=O.O/N=C(/Cl)CCC1CCCCC1.O=C(O)CCN1CCC2(CC(CCC3CCNCC3)=NO2)C1=O. The number of carbonyl (C=O) groups is 6. The molecule has 0 aromatic carbocycles. The standard InChI is InChI=1S/C18H28N2O4.C16H25N3O4.C9H16ClNO.C5H6O2.C4H9NO2/c1-23-16(21)9-11-20-12-10-18(17(20)22)13-15(19-24-18)8-7-14-5-3-2-4-6-14;20-14(21)5-9-19-10-6-16(15(19)22)11-13(18-23-16)2-1-12-3-7-17-8-4-12;10-9(11-12)7-6-8-4-2-1-3-5-8;1-4-2-3-7-5(4)6;1-7-4(6)2-3-5/h14H,2-13H2,1H3;12,17H,1-11H2,(H,20,21);8,12H,1-7H2;1-3H2;2-3,5H2,1H3/b;;11-9+;;. The van der Waals surface area contributed by atoms with E-state index in [1.165, 1.54) is 97.7 Å². The van der Waals surface area contributed by atoms with E-state index in [1.54, 1.807) is 9.80 Å². The van der Waals surface area contributed by atoms with Crippen molar-refractivity contribution in [2.24, 2.45) is 39.0 Å². The average Bonchev–Trinajstić information content (AvgIpc) is 4.26. The highest BCUT2D eigenvalue weighted by molar-refractivity contribution is 6.65. The van der Waals surface area contributed by atoms with Crippen molar-refractivity contribution in [1.82, 2.24) is 15.1 Å². The fourth-order valence-corrected chi connectivity index (χ4v) is 10.5. The summed E-state index contributed by atoms with van der Waals surface area (Å²) in [4.78, 5) is 81.9. The molecule has 8 rings (SSSR count). The van der Waals surface area contributed by atoms with Crippen LogP contribution in [0.3, 0.4) is 0 Å². The Morgan fingerprint density at radius 2 is 1.23 bits per heavy atom. The van der Waals surface area contributed by atoms with Gasteiger partial charge in [0.15, 0.2) is 0 Å². The van der Waals surface area contributed by atoms with Gasteiger partial charge in [-0.25, -0.2) is 4.79 Å². The van der Waals surface area contributed by atoms with Crippen LogP contribution < -0.4 is 11.1 Å². The zero-order valence-corrected chi connectivity index (χ0v) is 44.3. The number of hydrogen-bond acceptors (Lipinski definition) is 17. The summed E-state index contributed by atoms with van der Waals surface area (Å²) in [6.07, 6.45) is 25.5. The first kappa shape index (κ1) is 60.7. The highest BCUT2D eigenvalue weighted by Gasteiger charge is 2.54. The van der Waals surface area contributed by atoms with Crippen LogP contribution in [0.1, 0.15) is 167 Å². The molecule has 2 saturated carbocycles. The Bertz CT molecular complexity index is 1890. The number of amides is 2. The van der Waals surface area contributed by atoms with Crippen molar-refractivity contribution < 1.29 is 63.0 Å². The third kappa shape index (κ3) is 20.8. The first-order chi connectivity index (χ1) is 35.2. The Morgan fingerprint density at radius 1 is 0.753 bits per heavy atom. The molecule has 73 heavy (non-hydrogen) atoms. The highest BCUT2D eigenvalue weighted by atomic mass is 35.5. The summed E-state index contributed by atoms with van der Waals surface area (Å²) in [6.45, 7) is 8.37. The van der Waals surface area contributed by atoms with Gasteiger partial charge in [-0.2, -0.15) is 0 Å². The monoisotopic (exact) mass is 1050 g/mol. The summed E-state index contributed by atoms with van der Waals surface area (Å²) in [5.41, 5.74) is 5.98. The molecule has 412 valence electrons. The van der Waals surface area contributed by atoms with E-state index in [0.717, 1.165) is 74.4 Å². The molecule has 8 aliphatic rings. The van der Waals surface area contributed by atoms with Crippen LogP contribution in [0.5, 0.6) is 0 Å². The summed E-state index contributed by atoms with van der Waals surface area (Å²) in [7, 11) is 2.71. The highest BCUT2D eigenvalue weighted by Crippen LogP contribution is 2.38. The van der Waals surface area contributed by atoms with Crippen molar-refractivity contribution >= 4 is 63.9 Å². The molecular formula is C52H84ClN7O13. The number of methoxy groups -OCH3 is 2. The number of nitrogens with two attached hydrogens (primary N) is 1. The van der Waals surface area contributed by atoms with Crippen molar-refractivity contribution in [3.05, 3.63) is 12.2 Å². The number of carboxylic acid groups (broad SMARTS) is 1. The summed E-state index contributed by atoms with van der Waals surface area (Å²) >= 11 is 5.58. The van der Waals surface area contributed by atoms with Crippen LogP contribution in [0, 0.1) is 17.8 Å². The van der Waals surface area contributed by atoms with Crippen molar-refractivity contribution in [1.29, 1.82) is 0 Å². The minimum absolute atomic E-state index is 0.0226. The molecule has 21 heteroatoms. The molecule has 4 saturated heterocycles. The maximum atomic E-state index is 12.7. The molecule has 0 bridgehead atoms. The van der Waals surface area contributed by atoms with E-state index in [-0.39, 0.29) is 49.1 Å². The first-order valence-electron chi connectivity index (χ1n) is 26.7. The quantitative estimate of drug-likeness (QED) is 0.0285. The number of carboxylic acids is 1. The van der Waals surface area contributed by atoms with Crippen LogP contribution >= 0.6 is 11.6 Å². The summed E-state index contributed by atoms with van der Waals surface area (Å²) in [5, 5.41) is 32.1. The van der Waals surface area contributed by atoms with Gasteiger partial charge < -0.3 is 55.0 Å². The fourth-order valence-electron chi connectivity index (χ4n) is 10.4. The largest absolute Gasteiger partial charge is 0.481 e. The van der Waals surface area contributed by atoms with E-state index in [0.29, 0.717) is 82.1 Å². The molecule has 2 unspecified atom stereocenters. The predicted octanol–water partition coefficient (Wildman–Crippen LogP) is 7.02. The Hall–Kier alpha value is -4.82. The van der Waals surface area contributed by atoms with Gasteiger partial charge in [0.2, 0.25) is 11.2 Å². The van der Waals surface area contributed by atoms with E-state index < -0.39 is 17.2 Å². The molecule has 6 heterocycles. The zero-order chi connectivity index (χ0) is 53.1. The predicted molar refractivity (Wildman–Crippen MR) is 275 cm³/mol. The Balaban J connectivity index is 0.000000216. The lowest BCUT2D eigenvalue weighted by Crippen LogP contribution is -2.41. The Labute approximate surface area is 436 Å². The summed E-state index contributed by atoms with van der Waals surface area (Å²) in [5.74, 6) is 0.583. The molecule has 2 aliphatic carbocycles. The van der Waals surface area contributed by atoms with Gasteiger partial charge in [-0.15, -0.1) is 0 Å². The number of nitrogens with zero attached hydrogens (tertiary/aromatic N) is 5. The lowest BCUT2D eigenvalue weighted by molar-refractivity contribution is -0.148. The van der Waals surface area contributed by atoms with Crippen molar-refractivity contribution in [2.45, 2.75) is 178 Å². The normalized spacial score (nSPS) is 24.1. The molecule has 5 N–H and O–H groups in total. The maximum absolute atomic E-state index is 12.7. The van der Waals surface area contributed by atoms with Gasteiger partial charge in [-0.3, -0.25) is 24.0 Å². The van der Waals surface area contributed by atoms with Gasteiger partial charge in [0, 0.05) is 76.8 Å². The molecule has 0 aromatic heterocycles. The molecular weight excluding hydrogens is 966 g/mol. The number of halogens is 1. The van der Waals surface area contributed by atoms with Crippen LogP contribution in [0.25, 0.3) is 0 Å². The number of oxime groups is 3. The zero-order valence-electron chi connectivity index (χ0n) is 43.6. The molecule has 2 amide bonds. The van der Waals surface area contributed by atoms with Gasteiger partial charge in [0.1, 0.15) is 5.17 Å². The lowest BCUT2D eigenvalue weighted by atomic mass is 9.84. The van der Waals surface area contributed by atoms with Gasteiger partial charge in [-0.05, 0) is 75.8 Å². The lowest BCUT2D eigenvalue weighted by Gasteiger charge is -2.22. The number of carbonyl (C=O) groups excluding carboxylic acids is 5. The van der Waals surface area contributed by atoms with Crippen molar-refractivity contribution in [3.8, 4) is 0 Å². The van der Waals surface area contributed by atoms with Gasteiger partial charge in [0.05, 0.1) is 51.5 Å². The molecule has 20 nitrogen and oxygen atoms in total. The van der Waals surface area contributed by atoms with Gasteiger partial charge in [-0.1, -0.05) is 97.9 Å². The number of piperidine rings is 1. The van der Waals surface area contributed by atoms with E-state index in [2.05, 4.69) is 41.6 Å². The Kier molecular flexibility index (Phi) is 27.0. The van der Waals surface area contributed by atoms with E-state index in [1.807, 2.05) is 0 Å². The minimum Gasteiger partial charge on any atom is -0.481 e. The smallest absolute Gasteiger partial charge is 0.333 e. The van der Waals surface area contributed by atoms with Crippen molar-refractivity contribution in [2.75, 3.05) is 66.6 Å². The summed E-state index contributed by atoms with van der Waals surface area (Å²) < 4.78 is 13.4. The number of cyclic esters (lactones) is 1. The number of rotatable bonds is 17. The number of hydrogen-bond donors (Lipinski definition) is 4. The average molecular weight is 1050 g/mol. The number of ether oxygens (including phenoxy) is 3. The van der Waals surface area contributed by atoms with Gasteiger partial charge in [0.25, 0.3) is 11.8 Å². The maximum Gasteiger partial charge on any atom is 0.333 e. The minimum atomic E-state index is -0.884. The molecule has 6 aliphatic heterocycles. The van der Waals surface area contributed by atoms with Crippen LogP contribution in [0.2, 0.25) is 0 Å². The fraction of sp³-hybridized carbons (Fsp3) is 0.788. The third-order valence-electron chi connectivity index (χ3n) is 15.0. The number of esters is 3. The summed E-state index contributed by atoms with van der Waals surface area (Å²) in [6, 6.07) is 0. The van der Waals surface area contributed by atoms with Crippen LogP contribution in [-0.2, 0) is 52.7 Å². The first-order valence-corrected chi connectivity index (χ1v) is 27.1. The Morgan fingerprint density at radius 3 is 1.64 bits per heavy atom. The number of nitrogens with one attached hydrogen (secondary N) is 1. The second-order valence-corrected chi connectivity index (χ2v) is 20.7. The topological polar surface area (TPSA) is 271 Å². The number of likely N-dealkylation sites (tertiary alicyclic amines) is 2. The molecule has 0 aromatic rings. The van der Waals surface area contributed by atoms with Crippen LogP contribution in [-0.4, -0.2) is 150 Å². The van der Waals surface area contributed by atoms with E-state index >= 15 is 0 Å². The van der Waals surface area contributed by atoms with Crippen molar-refractivity contribution in [3.63, 3.8) is 0 Å². The van der Waals surface area contributed by atoms with Crippen LogP contribution in [0.15, 0.2) is 27.6 Å². The molecule has 0 radical (unpaired) electrons. The van der Waals surface area contributed by atoms with Crippen LogP contribution in [0.4, 0.5) is 0 Å². The molecule has 6 fully saturated rings. The second kappa shape index (κ2) is 32.5.